The Morgan fingerprint density at radius 1 is 0.375 bits per heavy atom. The third kappa shape index (κ3) is 57.4. The lowest BCUT2D eigenvalue weighted by molar-refractivity contribution is -0.143. The predicted molar refractivity (Wildman–Crippen MR) is 315 cm³/mol. The number of esters is 1. The summed E-state index contributed by atoms with van der Waals surface area (Å²) in [6.07, 6.45) is 77.7. The summed E-state index contributed by atoms with van der Waals surface area (Å²) in [7, 11) is 0. The van der Waals surface area contributed by atoms with Gasteiger partial charge in [0.1, 0.15) is 0 Å². The van der Waals surface area contributed by atoms with Crippen LogP contribution < -0.4 is 5.32 Å². The summed E-state index contributed by atoms with van der Waals surface area (Å²) in [5.74, 6) is -0.0607. The molecule has 0 rings (SSSR count). The number of nitrogens with one attached hydrogen (secondary N) is 1. The zero-order chi connectivity index (χ0) is 52.2. The Hall–Kier alpha value is -1.92. The lowest BCUT2D eigenvalue weighted by atomic mass is 10.0. The van der Waals surface area contributed by atoms with E-state index in [2.05, 4.69) is 43.5 Å². The van der Waals surface area contributed by atoms with Gasteiger partial charge in [-0.3, -0.25) is 9.59 Å². The first-order valence-corrected chi connectivity index (χ1v) is 32.3. The summed E-state index contributed by atoms with van der Waals surface area (Å²) >= 11 is 0. The van der Waals surface area contributed by atoms with E-state index in [4.69, 9.17) is 4.74 Å². The summed E-state index contributed by atoms with van der Waals surface area (Å²) in [6, 6.07) is -0.627. The highest BCUT2D eigenvalue weighted by Crippen LogP contribution is 2.17. The first kappa shape index (κ1) is 70.1. The van der Waals surface area contributed by atoms with E-state index >= 15 is 0 Å². The maximum atomic E-state index is 12.5. The smallest absolute Gasteiger partial charge is 0.305 e. The van der Waals surface area contributed by atoms with Crippen LogP contribution in [0.3, 0.4) is 0 Å². The lowest BCUT2D eigenvalue weighted by Gasteiger charge is -2.20. The van der Waals surface area contributed by atoms with Crippen molar-refractivity contribution >= 4 is 11.9 Å². The second-order valence-corrected chi connectivity index (χ2v) is 22.1. The van der Waals surface area contributed by atoms with Crippen molar-refractivity contribution in [3.63, 3.8) is 0 Å². The van der Waals surface area contributed by atoms with Crippen LogP contribution in [-0.4, -0.2) is 47.4 Å². The topological polar surface area (TPSA) is 95.9 Å². The van der Waals surface area contributed by atoms with Crippen molar-refractivity contribution < 1.29 is 24.5 Å². The number of allylic oxidation sites excluding steroid dienone is 5. The quantitative estimate of drug-likeness (QED) is 0.0320. The Labute approximate surface area is 449 Å². The lowest BCUT2D eigenvalue weighted by Crippen LogP contribution is -2.45. The first-order chi connectivity index (χ1) is 35.5. The summed E-state index contributed by atoms with van der Waals surface area (Å²) in [4.78, 5) is 24.5. The van der Waals surface area contributed by atoms with Gasteiger partial charge in [0.15, 0.2) is 0 Å². The second-order valence-electron chi connectivity index (χ2n) is 22.1. The number of hydrogen-bond donors (Lipinski definition) is 3. The van der Waals surface area contributed by atoms with Crippen LogP contribution in [0.4, 0.5) is 0 Å². The number of carbonyl (C=O) groups excluding carboxylic acids is 2. The molecule has 0 fully saturated rings. The van der Waals surface area contributed by atoms with Crippen molar-refractivity contribution in [3.05, 3.63) is 36.5 Å². The number of aliphatic hydroxyl groups is 2. The van der Waals surface area contributed by atoms with Crippen LogP contribution in [0, 0.1) is 0 Å². The molecule has 0 aromatic carbocycles. The molecular formula is C66H125NO5. The highest BCUT2D eigenvalue weighted by Gasteiger charge is 2.18. The normalized spacial score (nSPS) is 12.8. The molecule has 0 aliphatic heterocycles. The average Bonchev–Trinajstić information content (AvgIpc) is 3.38. The van der Waals surface area contributed by atoms with Crippen LogP contribution in [0.5, 0.6) is 0 Å². The van der Waals surface area contributed by atoms with Crippen LogP contribution >= 0.6 is 0 Å². The molecule has 6 heteroatoms. The molecule has 0 radical (unpaired) electrons. The van der Waals surface area contributed by atoms with Gasteiger partial charge in [-0.2, -0.15) is 0 Å². The number of amides is 1. The highest BCUT2D eigenvalue weighted by molar-refractivity contribution is 5.76. The fourth-order valence-electron chi connectivity index (χ4n) is 9.92. The van der Waals surface area contributed by atoms with Gasteiger partial charge < -0.3 is 20.3 Å². The summed E-state index contributed by atoms with van der Waals surface area (Å²) in [5, 5.41) is 23.1. The molecule has 0 aromatic rings. The van der Waals surface area contributed by atoms with Gasteiger partial charge in [-0.25, -0.2) is 0 Å². The van der Waals surface area contributed by atoms with Crippen molar-refractivity contribution in [2.45, 2.75) is 360 Å². The molecule has 0 spiro atoms. The Kier molecular flexibility index (Phi) is 60.0. The standard InChI is InChI=1S/C66H125NO5/c1-3-5-7-9-11-13-15-17-35-38-42-46-50-54-58-64(69)63(62-68)67-65(70)59-55-51-47-43-39-36-32-30-28-26-24-22-20-18-19-21-23-25-27-29-31-33-37-41-45-49-53-57-61-72-66(71)60-56-52-48-44-40-34-16-14-12-10-8-6-4-2/h14,16,18-19,54,58,63-64,68-69H,3-13,15,17,20-53,55-57,59-62H2,1-2H3,(H,67,70)/b16-14-,19-18-,58-54+. The predicted octanol–water partition coefficient (Wildman–Crippen LogP) is 20.4. The summed E-state index contributed by atoms with van der Waals surface area (Å²) in [5.41, 5.74) is 0. The molecule has 0 aliphatic rings. The van der Waals surface area contributed by atoms with Gasteiger partial charge >= 0.3 is 5.97 Å². The zero-order valence-electron chi connectivity index (χ0n) is 48.4. The highest BCUT2D eigenvalue weighted by atomic mass is 16.5. The Bertz CT molecular complexity index is 1170. The first-order valence-electron chi connectivity index (χ1n) is 32.3. The van der Waals surface area contributed by atoms with Gasteiger partial charge in [-0.15, -0.1) is 0 Å². The van der Waals surface area contributed by atoms with Crippen molar-refractivity contribution in [3.8, 4) is 0 Å². The van der Waals surface area contributed by atoms with Crippen LogP contribution in [0.1, 0.15) is 348 Å². The van der Waals surface area contributed by atoms with Crippen molar-refractivity contribution in [1.82, 2.24) is 5.32 Å². The SMILES string of the molecule is CCCCCC/C=C\CCCCCCCC(=O)OCCCCCCCCCCCCCC/C=C\CCCCCCCCCCCCCCC(=O)NC(CO)C(O)/C=C/CCCCCCCCCCCCCC. The third-order valence-electron chi connectivity index (χ3n) is 14.9. The molecule has 2 unspecified atom stereocenters. The fraction of sp³-hybridized carbons (Fsp3) is 0.879. The van der Waals surface area contributed by atoms with E-state index in [0.717, 1.165) is 44.9 Å². The Balaban J connectivity index is 3.39. The molecule has 2 atom stereocenters. The van der Waals surface area contributed by atoms with E-state index in [-0.39, 0.29) is 18.5 Å². The fourth-order valence-corrected chi connectivity index (χ4v) is 9.92. The minimum atomic E-state index is -0.844. The molecule has 0 aliphatic carbocycles. The molecule has 72 heavy (non-hydrogen) atoms. The molecule has 3 N–H and O–H groups in total. The molecule has 0 bridgehead atoms. The molecular weight excluding hydrogens is 887 g/mol. The number of carbonyl (C=O) groups is 2. The van der Waals surface area contributed by atoms with E-state index in [1.807, 2.05) is 6.08 Å². The monoisotopic (exact) mass is 1010 g/mol. The van der Waals surface area contributed by atoms with E-state index < -0.39 is 12.1 Å². The van der Waals surface area contributed by atoms with Gasteiger partial charge in [0.2, 0.25) is 5.91 Å². The van der Waals surface area contributed by atoms with Crippen molar-refractivity contribution in [1.29, 1.82) is 0 Å². The second kappa shape index (κ2) is 61.6. The Morgan fingerprint density at radius 2 is 0.653 bits per heavy atom. The van der Waals surface area contributed by atoms with Crippen LogP contribution in [0.15, 0.2) is 36.5 Å². The third-order valence-corrected chi connectivity index (χ3v) is 14.9. The van der Waals surface area contributed by atoms with Crippen LogP contribution in [-0.2, 0) is 14.3 Å². The number of unbranched alkanes of at least 4 members (excludes halogenated alkanes) is 45. The van der Waals surface area contributed by atoms with Gasteiger partial charge in [-0.1, -0.05) is 288 Å². The largest absolute Gasteiger partial charge is 0.466 e. The van der Waals surface area contributed by atoms with E-state index in [9.17, 15) is 19.8 Å². The van der Waals surface area contributed by atoms with Gasteiger partial charge in [0.05, 0.1) is 25.4 Å². The molecule has 424 valence electrons. The van der Waals surface area contributed by atoms with E-state index in [1.54, 1.807) is 6.08 Å². The molecule has 0 saturated heterocycles. The van der Waals surface area contributed by atoms with E-state index in [1.165, 1.54) is 276 Å². The number of hydrogen-bond acceptors (Lipinski definition) is 5. The van der Waals surface area contributed by atoms with Gasteiger partial charge in [-0.05, 0) is 83.5 Å². The average molecular weight is 1010 g/mol. The van der Waals surface area contributed by atoms with Gasteiger partial charge in [0, 0.05) is 12.8 Å². The van der Waals surface area contributed by atoms with E-state index in [0.29, 0.717) is 19.4 Å². The molecule has 0 heterocycles. The minimum Gasteiger partial charge on any atom is -0.466 e. The molecule has 0 saturated carbocycles. The summed E-state index contributed by atoms with van der Waals surface area (Å²) in [6.45, 7) is 4.90. The summed E-state index contributed by atoms with van der Waals surface area (Å²) < 4.78 is 5.47. The van der Waals surface area contributed by atoms with Crippen LogP contribution in [0.25, 0.3) is 0 Å². The Morgan fingerprint density at radius 3 is 1.00 bits per heavy atom. The van der Waals surface area contributed by atoms with Crippen molar-refractivity contribution in [2.75, 3.05) is 13.2 Å². The maximum absolute atomic E-state index is 12.5. The zero-order valence-corrected chi connectivity index (χ0v) is 48.4. The molecule has 1 amide bonds. The van der Waals surface area contributed by atoms with Crippen molar-refractivity contribution in [2.24, 2.45) is 0 Å². The van der Waals surface area contributed by atoms with Crippen LogP contribution in [0.2, 0.25) is 0 Å². The minimum absolute atomic E-state index is 0.00617. The molecule has 0 aromatic heterocycles. The maximum Gasteiger partial charge on any atom is 0.305 e. The number of ether oxygens (including phenoxy) is 1. The number of aliphatic hydroxyl groups excluding tert-OH is 2. The number of rotatable bonds is 60. The molecule has 6 nitrogen and oxygen atoms in total. The van der Waals surface area contributed by atoms with Gasteiger partial charge in [0.25, 0.3) is 0 Å².